The van der Waals surface area contributed by atoms with Crippen molar-refractivity contribution in [1.29, 1.82) is 0 Å². The van der Waals surface area contributed by atoms with Crippen LogP contribution >= 0.6 is 23.5 Å². The van der Waals surface area contributed by atoms with Crippen molar-refractivity contribution in [2.75, 3.05) is 30.6 Å². The molecule has 0 bridgehead atoms. The number of aliphatic hydroxyl groups excluding tert-OH is 1. The molecule has 0 aliphatic carbocycles. The number of nitrogens with two attached hydrogens (primary N) is 3. The molecule has 0 radical (unpaired) electrons. The van der Waals surface area contributed by atoms with E-state index < -0.39 is 36.0 Å². The SMILES string of the molecule is CSCC[C@H](N)C(=O)O.CSCC[C@H](N)C(=O)O.N[C@@H](CCO)C(=O)O. The minimum absolute atomic E-state index is 0.120. The molecule has 156 valence electrons. The molecule has 0 fully saturated rings. The van der Waals surface area contributed by atoms with Gasteiger partial charge in [-0.3, -0.25) is 14.4 Å². The van der Waals surface area contributed by atoms with Gasteiger partial charge in [0, 0.05) is 6.61 Å². The summed E-state index contributed by atoms with van der Waals surface area (Å²) in [6.07, 6.45) is 5.07. The Morgan fingerprint density at radius 2 is 1.00 bits per heavy atom. The normalized spacial score (nSPS) is 13.2. The van der Waals surface area contributed by atoms with Crippen molar-refractivity contribution in [3.63, 3.8) is 0 Å². The van der Waals surface area contributed by atoms with Crippen LogP contribution < -0.4 is 17.2 Å². The average Bonchev–Trinajstić information content (AvgIpc) is 2.58. The quantitative estimate of drug-likeness (QED) is 0.218. The Labute approximate surface area is 161 Å². The van der Waals surface area contributed by atoms with Crippen molar-refractivity contribution in [2.45, 2.75) is 37.4 Å². The highest BCUT2D eigenvalue weighted by Crippen LogP contribution is 1.98. The first-order valence-corrected chi connectivity index (χ1v) is 10.4. The van der Waals surface area contributed by atoms with Crippen molar-refractivity contribution < 1.29 is 34.8 Å². The standard InChI is InChI=1S/2C5H11NO2S.C4H9NO3/c2*1-9-3-2-4(6)5(7)8;5-3(1-2-6)4(7)8/h2*4H,2-3,6H2,1H3,(H,7,8);3,6H,1-2,5H2,(H,7,8)/t2*4-;3-/m000/s1. The molecule has 0 spiro atoms. The number of aliphatic carboxylic acids is 3. The van der Waals surface area contributed by atoms with Crippen LogP contribution in [0.5, 0.6) is 0 Å². The lowest BCUT2D eigenvalue weighted by molar-refractivity contribution is -0.139. The van der Waals surface area contributed by atoms with Crippen LogP contribution in [0.2, 0.25) is 0 Å². The molecular formula is C14H31N3O7S2. The van der Waals surface area contributed by atoms with E-state index in [1.54, 1.807) is 23.5 Å². The number of aliphatic hydroxyl groups is 1. The molecule has 0 rings (SSSR count). The van der Waals surface area contributed by atoms with Gasteiger partial charge >= 0.3 is 17.9 Å². The van der Waals surface area contributed by atoms with Crippen molar-refractivity contribution >= 4 is 41.4 Å². The lowest BCUT2D eigenvalue weighted by atomic mass is 10.2. The van der Waals surface area contributed by atoms with Gasteiger partial charge in [-0.2, -0.15) is 23.5 Å². The zero-order valence-corrected chi connectivity index (χ0v) is 16.7. The van der Waals surface area contributed by atoms with Crippen molar-refractivity contribution in [3.05, 3.63) is 0 Å². The third-order valence-corrected chi connectivity index (χ3v) is 3.95. The molecule has 3 atom stereocenters. The van der Waals surface area contributed by atoms with Gasteiger partial charge in [0.25, 0.3) is 0 Å². The minimum Gasteiger partial charge on any atom is -0.480 e. The summed E-state index contributed by atoms with van der Waals surface area (Å²) in [6.45, 7) is -0.173. The number of thioether (sulfide) groups is 2. The van der Waals surface area contributed by atoms with Crippen LogP contribution in [0.1, 0.15) is 19.3 Å². The third kappa shape index (κ3) is 22.9. The van der Waals surface area contributed by atoms with Crippen LogP contribution in [-0.4, -0.2) is 87.1 Å². The molecule has 26 heavy (non-hydrogen) atoms. The van der Waals surface area contributed by atoms with Gasteiger partial charge in [0.2, 0.25) is 0 Å². The largest absolute Gasteiger partial charge is 0.480 e. The number of carboxylic acid groups (broad SMARTS) is 3. The van der Waals surface area contributed by atoms with Crippen LogP contribution in [0.15, 0.2) is 0 Å². The lowest BCUT2D eigenvalue weighted by Crippen LogP contribution is -2.30. The fourth-order valence-electron chi connectivity index (χ4n) is 0.999. The number of hydrogen-bond donors (Lipinski definition) is 7. The molecule has 0 aromatic heterocycles. The first-order valence-electron chi connectivity index (χ1n) is 7.58. The molecule has 0 unspecified atom stereocenters. The first kappa shape index (κ1) is 29.7. The molecule has 0 aliphatic heterocycles. The molecule has 10 nitrogen and oxygen atoms in total. The molecule has 0 heterocycles. The molecule has 0 amide bonds. The molecule has 0 saturated heterocycles. The van der Waals surface area contributed by atoms with Crippen LogP contribution in [0.4, 0.5) is 0 Å². The van der Waals surface area contributed by atoms with Gasteiger partial charge in [0.15, 0.2) is 0 Å². The summed E-state index contributed by atoms with van der Waals surface area (Å²) in [5.74, 6) is -1.27. The summed E-state index contributed by atoms with van der Waals surface area (Å²) >= 11 is 3.21. The Morgan fingerprint density at radius 3 is 1.15 bits per heavy atom. The highest BCUT2D eigenvalue weighted by Gasteiger charge is 2.10. The van der Waals surface area contributed by atoms with Gasteiger partial charge in [-0.15, -0.1) is 0 Å². The lowest BCUT2D eigenvalue weighted by Gasteiger charge is -2.02. The predicted molar refractivity (Wildman–Crippen MR) is 105 cm³/mol. The van der Waals surface area contributed by atoms with Crippen LogP contribution in [0.3, 0.4) is 0 Å². The Kier molecular flexibility index (Phi) is 23.2. The summed E-state index contributed by atoms with van der Waals surface area (Å²) in [5, 5.41) is 32.8. The molecule has 0 aliphatic rings. The third-order valence-electron chi connectivity index (χ3n) is 2.66. The Morgan fingerprint density at radius 1 is 0.731 bits per heavy atom. The number of hydrogen-bond acceptors (Lipinski definition) is 9. The Balaban J connectivity index is -0.000000306. The van der Waals surface area contributed by atoms with E-state index in [0.717, 1.165) is 11.5 Å². The van der Waals surface area contributed by atoms with Crippen LogP contribution in [-0.2, 0) is 14.4 Å². The topological polar surface area (TPSA) is 210 Å². The summed E-state index contributed by atoms with van der Waals surface area (Å²) in [7, 11) is 0. The summed E-state index contributed by atoms with van der Waals surface area (Å²) in [6, 6.07) is -2.28. The second-order valence-electron chi connectivity index (χ2n) is 4.91. The van der Waals surface area contributed by atoms with Crippen molar-refractivity contribution in [1.82, 2.24) is 0 Å². The smallest absolute Gasteiger partial charge is 0.320 e. The molecular weight excluding hydrogens is 386 g/mol. The van der Waals surface area contributed by atoms with E-state index in [1.807, 2.05) is 12.5 Å². The predicted octanol–water partition coefficient (Wildman–Crippen LogP) is -0.916. The first-order chi connectivity index (χ1) is 12.0. The Bertz CT molecular complexity index is 366. The zero-order valence-electron chi connectivity index (χ0n) is 15.0. The van der Waals surface area contributed by atoms with Crippen molar-refractivity contribution in [3.8, 4) is 0 Å². The van der Waals surface area contributed by atoms with E-state index in [9.17, 15) is 14.4 Å². The second-order valence-corrected chi connectivity index (χ2v) is 6.88. The van der Waals surface area contributed by atoms with Gasteiger partial charge < -0.3 is 37.6 Å². The van der Waals surface area contributed by atoms with Crippen LogP contribution in [0.25, 0.3) is 0 Å². The van der Waals surface area contributed by atoms with Gasteiger partial charge in [-0.05, 0) is 43.3 Å². The summed E-state index contributed by atoms with van der Waals surface area (Å²) in [5.41, 5.74) is 15.3. The van der Waals surface area contributed by atoms with Gasteiger partial charge in [0.05, 0.1) is 0 Å². The number of rotatable bonds is 11. The minimum atomic E-state index is -1.07. The Hall–Kier alpha value is -1.05. The van der Waals surface area contributed by atoms with Crippen molar-refractivity contribution in [2.24, 2.45) is 17.2 Å². The highest BCUT2D eigenvalue weighted by molar-refractivity contribution is 7.98. The van der Waals surface area contributed by atoms with E-state index >= 15 is 0 Å². The maximum atomic E-state index is 10.1. The maximum absolute atomic E-state index is 10.1. The van der Waals surface area contributed by atoms with Gasteiger partial charge in [-0.25, -0.2) is 0 Å². The second kappa shape index (κ2) is 20.3. The van der Waals surface area contributed by atoms with E-state index in [4.69, 9.17) is 37.6 Å². The number of carbonyl (C=O) groups is 3. The molecule has 0 aromatic rings. The van der Waals surface area contributed by atoms with E-state index in [-0.39, 0.29) is 13.0 Å². The van der Waals surface area contributed by atoms with Gasteiger partial charge in [0.1, 0.15) is 18.1 Å². The van der Waals surface area contributed by atoms with E-state index in [2.05, 4.69) is 0 Å². The van der Waals surface area contributed by atoms with Crippen LogP contribution in [0, 0.1) is 0 Å². The number of carboxylic acids is 3. The molecule has 0 saturated carbocycles. The monoisotopic (exact) mass is 417 g/mol. The molecule has 12 heteroatoms. The zero-order chi connectivity index (χ0) is 21.1. The summed E-state index contributed by atoms with van der Waals surface area (Å²) in [4.78, 5) is 30.0. The van der Waals surface area contributed by atoms with E-state index in [1.165, 1.54) is 0 Å². The molecule has 0 aromatic carbocycles. The highest BCUT2D eigenvalue weighted by atomic mass is 32.2. The maximum Gasteiger partial charge on any atom is 0.320 e. The fourth-order valence-corrected chi connectivity index (χ4v) is 1.98. The molecule has 10 N–H and O–H groups in total. The summed E-state index contributed by atoms with van der Waals surface area (Å²) < 4.78 is 0. The average molecular weight is 418 g/mol. The fraction of sp³-hybridized carbons (Fsp3) is 0.786. The van der Waals surface area contributed by atoms with E-state index in [0.29, 0.717) is 12.8 Å². The van der Waals surface area contributed by atoms with Gasteiger partial charge in [-0.1, -0.05) is 0 Å².